The Kier molecular flexibility index (Phi) is 3.79. The van der Waals surface area contributed by atoms with Gasteiger partial charge in [0.1, 0.15) is 0 Å². The molecule has 0 saturated carbocycles. The molecule has 0 heterocycles. The van der Waals surface area contributed by atoms with Gasteiger partial charge in [0.05, 0.1) is 19.6 Å². The number of benzene rings is 1. The van der Waals surface area contributed by atoms with Crippen LogP contribution in [0.25, 0.3) is 0 Å². The summed E-state index contributed by atoms with van der Waals surface area (Å²) in [4.78, 5) is 11.2. The number of fused-ring (bicyclic) bond motifs is 1. The van der Waals surface area contributed by atoms with E-state index in [1.165, 1.54) is 18.2 Å². The van der Waals surface area contributed by atoms with Crippen molar-refractivity contribution >= 4 is 5.97 Å². The lowest BCUT2D eigenvalue weighted by Gasteiger charge is -2.28. The van der Waals surface area contributed by atoms with Crippen LogP contribution >= 0.6 is 0 Å². The second-order valence-corrected chi connectivity index (χ2v) is 4.55. The summed E-state index contributed by atoms with van der Waals surface area (Å²) >= 11 is 0. The topological polar surface area (TPSA) is 46.5 Å². The Labute approximate surface area is 101 Å². The number of hydrogen-bond donors (Lipinski definition) is 1. The monoisotopic (exact) mass is 234 g/mol. The zero-order valence-corrected chi connectivity index (χ0v) is 10.1. The van der Waals surface area contributed by atoms with Gasteiger partial charge in [-0.1, -0.05) is 24.3 Å². The zero-order chi connectivity index (χ0) is 12.3. The highest BCUT2D eigenvalue weighted by atomic mass is 16.5. The first-order chi connectivity index (χ1) is 8.22. The van der Waals surface area contributed by atoms with Crippen molar-refractivity contribution < 1.29 is 14.6 Å². The van der Waals surface area contributed by atoms with Gasteiger partial charge >= 0.3 is 5.97 Å². The number of carbonyl (C=O) groups is 1. The van der Waals surface area contributed by atoms with Gasteiger partial charge < -0.3 is 9.84 Å². The normalized spacial score (nSPS) is 20.5. The maximum atomic E-state index is 11.2. The first-order valence-corrected chi connectivity index (χ1v) is 6.05. The number of carbonyl (C=O) groups excluding carboxylic acids is 1. The SMILES string of the molecule is COC(=O)C[C@H](O)C1CCCc2ccccc21. The van der Waals surface area contributed by atoms with Gasteiger partial charge in [-0.05, 0) is 30.4 Å². The van der Waals surface area contributed by atoms with Crippen LogP contribution in [0, 0.1) is 0 Å². The fourth-order valence-electron chi connectivity index (χ4n) is 2.59. The Bertz CT molecular complexity index is 400. The largest absolute Gasteiger partial charge is 0.469 e. The van der Waals surface area contributed by atoms with E-state index in [1.54, 1.807) is 0 Å². The lowest BCUT2D eigenvalue weighted by Crippen LogP contribution is -2.25. The van der Waals surface area contributed by atoms with Crippen LogP contribution in [0.1, 0.15) is 36.3 Å². The highest BCUT2D eigenvalue weighted by molar-refractivity contribution is 5.70. The molecular formula is C14H18O3. The van der Waals surface area contributed by atoms with Crippen molar-refractivity contribution in [3.8, 4) is 0 Å². The summed E-state index contributed by atoms with van der Waals surface area (Å²) in [6.45, 7) is 0. The molecule has 1 aliphatic rings. The van der Waals surface area contributed by atoms with Gasteiger partial charge in [0.15, 0.2) is 0 Å². The number of hydrogen-bond acceptors (Lipinski definition) is 3. The second kappa shape index (κ2) is 5.32. The van der Waals surface area contributed by atoms with Crippen LogP contribution in [0.4, 0.5) is 0 Å². The Balaban J connectivity index is 2.15. The van der Waals surface area contributed by atoms with E-state index in [0.29, 0.717) is 0 Å². The maximum Gasteiger partial charge on any atom is 0.308 e. The number of aliphatic hydroxyl groups excluding tert-OH is 1. The molecule has 17 heavy (non-hydrogen) atoms. The average Bonchev–Trinajstić information content (AvgIpc) is 2.37. The lowest BCUT2D eigenvalue weighted by molar-refractivity contribution is -0.143. The van der Waals surface area contributed by atoms with E-state index in [-0.39, 0.29) is 18.3 Å². The number of rotatable bonds is 3. The van der Waals surface area contributed by atoms with Crippen LogP contribution in [0.2, 0.25) is 0 Å². The zero-order valence-electron chi connectivity index (χ0n) is 10.1. The molecule has 0 spiro atoms. The Hall–Kier alpha value is -1.35. The summed E-state index contributed by atoms with van der Waals surface area (Å²) in [5.41, 5.74) is 2.49. The molecule has 0 saturated heterocycles. The molecule has 0 aromatic heterocycles. The lowest BCUT2D eigenvalue weighted by atomic mass is 9.79. The average molecular weight is 234 g/mol. The molecular weight excluding hydrogens is 216 g/mol. The van der Waals surface area contributed by atoms with Gasteiger partial charge in [-0.3, -0.25) is 4.79 Å². The number of aliphatic hydroxyl groups is 1. The van der Waals surface area contributed by atoms with Crippen molar-refractivity contribution in [1.29, 1.82) is 0 Å². The predicted octanol–water partition coefficient (Wildman–Crippen LogP) is 2.03. The van der Waals surface area contributed by atoms with Crippen molar-refractivity contribution in [2.24, 2.45) is 0 Å². The molecule has 0 bridgehead atoms. The molecule has 3 nitrogen and oxygen atoms in total. The Morgan fingerprint density at radius 3 is 3.06 bits per heavy atom. The van der Waals surface area contributed by atoms with Crippen molar-refractivity contribution in [2.75, 3.05) is 7.11 Å². The van der Waals surface area contributed by atoms with E-state index in [2.05, 4.69) is 16.9 Å². The van der Waals surface area contributed by atoms with E-state index in [9.17, 15) is 9.90 Å². The molecule has 0 amide bonds. The van der Waals surface area contributed by atoms with Crippen molar-refractivity contribution in [2.45, 2.75) is 37.7 Å². The van der Waals surface area contributed by atoms with Gasteiger partial charge in [0.2, 0.25) is 0 Å². The Morgan fingerprint density at radius 1 is 1.53 bits per heavy atom. The van der Waals surface area contributed by atoms with Crippen molar-refractivity contribution in [1.82, 2.24) is 0 Å². The van der Waals surface area contributed by atoms with Gasteiger partial charge in [-0.15, -0.1) is 0 Å². The molecule has 2 atom stereocenters. The molecule has 2 rings (SSSR count). The number of methoxy groups -OCH3 is 1. The van der Waals surface area contributed by atoms with Gasteiger partial charge in [0, 0.05) is 5.92 Å². The first-order valence-electron chi connectivity index (χ1n) is 6.05. The molecule has 0 radical (unpaired) electrons. The molecule has 1 aromatic rings. The summed E-state index contributed by atoms with van der Waals surface area (Å²) < 4.78 is 4.60. The summed E-state index contributed by atoms with van der Waals surface area (Å²) in [6.07, 6.45) is 2.52. The molecule has 1 aliphatic carbocycles. The smallest absolute Gasteiger partial charge is 0.308 e. The van der Waals surface area contributed by atoms with Gasteiger partial charge in [-0.2, -0.15) is 0 Å². The Morgan fingerprint density at radius 2 is 2.29 bits per heavy atom. The van der Waals surface area contributed by atoms with Crippen LogP contribution in [-0.2, 0) is 16.0 Å². The van der Waals surface area contributed by atoms with E-state index in [1.807, 2.05) is 12.1 Å². The summed E-state index contributed by atoms with van der Waals surface area (Å²) in [7, 11) is 1.35. The summed E-state index contributed by atoms with van der Waals surface area (Å²) in [6, 6.07) is 8.17. The number of ether oxygens (including phenoxy) is 1. The molecule has 0 aliphatic heterocycles. The van der Waals surface area contributed by atoms with Crippen LogP contribution in [0.3, 0.4) is 0 Å². The third-order valence-electron chi connectivity index (χ3n) is 3.48. The minimum Gasteiger partial charge on any atom is -0.469 e. The third kappa shape index (κ3) is 2.67. The van der Waals surface area contributed by atoms with Crippen LogP contribution < -0.4 is 0 Å². The second-order valence-electron chi connectivity index (χ2n) is 4.55. The van der Waals surface area contributed by atoms with E-state index in [4.69, 9.17) is 0 Å². The van der Waals surface area contributed by atoms with Crippen molar-refractivity contribution in [3.05, 3.63) is 35.4 Å². The maximum absolute atomic E-state index is 11.2. The van der Waals surface area contributed by atoms with E-state index >= 15 is 0 Å². The van der Waals surface area contributed by atoms with Crippen LogP contribution in [0.15, 0.2) is 24.3 Å². The summed E-state index contributed by atoms with van der Waals surface area (Å²) in [5, 5.41) is 10.1. The van der Waals surface area contributed by atoms with E-state index in [0.717, 1.165) is 19.3 Å². The van der Waals surface area contributed by atoms with Gasteiger partial charge in [0.25, 0.3) is 0 Å². The quantitative estimate of drug-likeness (QED) is 0.814. The number of aryl methyl sites for hydroxylation is 1. The fourth-order valence-corrected chi connectivity index (χ4v) is 2.59. The fraction of sp³-hybridized carbons (Fsp3) is 0.500. The molecule has 1 unspecified atom stereocenters. The molecule has 92 valence electrons. The highest BCUT2D eigenvalue weighted by Crippen LogP contribution is 2.34. The van der Waals surface area contributed by atoms with Crippen LogP contribution in [-0.4, -0.2) is 24.3 Å². The number of esters is 1. The van der Waals surface area contributed by atoms with E-state index < -0.39 is 6.10 Å². The minimum absolute atomic E-state index is 0.0686. The first kappa shape index (κ1) is 12.1. The molecule has 0 fully saturated rings. The molecule has 3 heteroatoms. The molecule has 1 N–H and O–H groups in total. The standard InChI is InChI=1S/C14H18O3/c1-17-14(16)9-13(15)12-8-4-6-10-5-2-3-7-11(10)12/h2-3,5,7,12-13,15H,4,6,8-9H2,1H3/t12?,13-/m0/s1. The van der Waals surface area contributed by atoms with Gasteiger partial charge in [-0.25, -0.2) is 0 Å². The predicted molar refractivity (Wildman–Crippen MR) is 64.8 cm³/mol. The van der Waals surface area contributed by atoms with Crippen molar-refractivity contribution in [3.63, 3.8) is 0 Å². The van der Waals surface area contributed by atoms with Crippen LogP contribution in [0.5, 0.6) is 0 Å². The highest BCUT2D eigenvalue weighted by Gasteiger charge is 2.27. The molecule has 1 aromatic carbocycles. The third-order valence-corrected chi connectivity index (χ3v) is 3.48. The summed E-state index contributed by atoms with van der Waals surface area (Å²) in [5.74, 6) is -0.278. The minimum atomic E-state index is -0.635.